The van der Waals surface area contributed by atoms with Crippen molar-refractivity contribution in [3.8, 4) is 5.69 Å². The normalized spacial score (nSPS) is 13.6. The van der Waals surface area contributed by atoms with Crippen molar-refractivity contribution in [3.05, 3.63) is 64.2 Å². The third kappa shape index (κ3) is 1.51. The van der Waals surface area contributed by atoms with Crippen LogP contribution in [0.15, 0.2) is 47.5 Å². The van der Waals surface area contributed by atoms with Gasteiger partial charge in [0, 0.05) is 29.3 Å². The largest absolute Gasteiger partial charge is 0.297 e. The molecule has 0 saturated heterocycles. The second-order valence-electron chi connectivity index (χ2n) is 5.01. The third-order valence-electron chi connectivity index (χ3n) is 3.85. The van der Waals surface area contributed by atoms with E-state index in [-0.39, 0.29) is 5.43 Å². The highest BCUT2D eigenvalue weighted by molar-refractivity contribution is 5.74. The summed E-state index contributed by atoms with van der Waals surface area (Å²) in [6.45, 7) is 0. The molecule has 0 radical (unpaired) electrons. The van der Waals surface area contributed by atoms with E-state index in [0.29, 0.717) is 11.2 Å². The van der Waals surface area contributed by atoms with Gasteiger partial charge in [-0.2, -0.15) is 0 Å². The highest BCUT2D eigenvalue weighted by atomic mass is 16.1. The summed E-state index contributed by atoms with van der Waals surface area (Å²) >= 11 is 0. The molecule has 4 nitrogen and oxygen atoms in total. The Hall–Kier alpha value is -2.49. The average Bonchev–Trinajstić information content (AvgIpc) is 2.98. The number of aromatic nitrogens is 3. The summed E-state index contributed by atoms with van der Waals surface area (Å²) in [6.07, 6.45) is 6.01. The summed E-state index contributed by atoms with van der Waals surface area (Å²) < 4.78 is 2.09. The lowest BCUT2D eigenvalue weighted by Gasteiger charge is -2.15. The van der Waals surface area contributed by atoms with E-state index in [1.54, 1.807) is 12.4 Å². The predicted molar refractivity (Wildman–Crippen MR) is 77.2 cm³/mol. The van der Waals surface area contributed by atoms with Crippen LogP contribution in [0.1, 0.15) is 17.7 Å². The van der Waals surface area contributed by atoms with Crippen molar-refractivity contribution in [2.75, 3.05) is 0 Å². The summed E-state index contributed by atoms with van der Waals surface area (Å²) in [6, 6.07) is 10.1. The topological polar surface area (TPSA) is 47.8 Å². The third-order valence-corrected chi connectivity index (χ3v) is 3.85. The number of fused-ring (bicyclic) bond motifs is 2. The van der Waals surface area contributed by atoms with E-state index in [9.17, 15) is 4.79 Å². The van der Waals surface area contributed by atoms with Crippen LogP contribution in [0.3, 0.4) is 0 Å². The fourth-order valence-electron chi connectivity index (χ4n) is 3.00. The van der Waals surface area contributed by atoms with Crippen LogP contribution in [0.5, 0.6) is 0 Å². The van der Waals surface area contributed by atoms with Crippen LogP contribution >= 0.6 is 0 Å². The Balaban J connectivity index is 2.20. The van der Waals surface area contributed by atoms with Crippen LogP contribution in [0.25, 0.3) is 16.9 Å². The Bertz CT molecular complexity index is 853. The van der Waals surface area contributed by atoms with Crippen LogP contribution in [-0.2, 0) is 12.8 Å². The van der Waals surface area contributed by atoms with Gasteiger partial charge >= 0.3 is 0 Å². The van der Waals surface area contributed by atoms with Gasteiger partial charge in [-0.05, 0) is 31.4 Å². The fraction of sp³-hybridized carbons (Fsp3) is 0.188. The molecule has 3 aromatic rings. The molecule has 98 valence electrons. The maximum absolute atomic E-state index is 12.5. The lowest BCUT2D eigenvalue weighted by atomic mass is 10.1. The molecule has 0 amide bonds. The first kappa shape index (κ1) is 11.3. The molecule has 4 rings (SSSR count). The maximum atomic E-state index is 12.5. The van der Waals surface area contributed by atoms with Crippen molar-refractivity contribution in [1.82, 2.24) is 14.5 Å². The number of pyridine rings is 1. The Labute approximate surface area is 115 Å². The second kappa shape index (κ2) is 4.27. The van der Waals surface area contributed by atoms with Crippen LogP contribution < -0.4 is 5.43 Å². The maximum Gasteiger partial charge on any atom is 0.212 e. The Morgan fingerprint density at radius 3 is 2.65 bits per heavy atom. The van der Waals surface area contributed by atoms with Gasteiger partial charge in [-0.3, -0.25) is 9.36 Å². The van der Waals surface area contributed by atoms with E-state index in [4.69, 9.17) is 0 Å². The zero-order chi connectivity index (χ0) is 13.5. The standard InChI is InChI=1S/C16H13N3O/c20-15-12-7-4-8-13(12)19(11-5-2-1-3-6-11)16-14(15)17-9-10-18-16/h1-3,5-6,9-10H,4,7-8H2. The van der Waals surface area contributed by atoms with Gasteiger partial charge in [0.05, 0.1) is 0 Å². The molecule has 20 heavy (non-hydrogen) atoms. The van der Waals surface area contributed by atoms with E-state index in [1.807, 2.05) is 30.3 Å². The molecule has 4 heteroatoms. The molecule has 2 aromatic heterocycles. The minimum atomic E-state index is 0.0489. The zero-order valence-electron chi connectivity index (χ0n) is 10.9. The van der Waals surface area contributed by atoms with Gasteiger partial charge in [-0.25, -0.2) is 9.97 Å². The highest BCUT2D eigenvalue weighted by Gasteiger charge is 2.22. The van der Waals surface area contributed by atoms with Crippen molar-refractivity contribution >= 4 is 11.2 Å². The van der Waals surface area contributed by atoms with E-state index >= 15 is 0 Å². The summed E-state index contributed by atoms with van der Waals surface area (Å²) in [5, 5.41) is 0. The smallest absolute Gasteiger partial charge is 0.212 e. The Morgan fingerprint density at radius 1 is 1.00 bits per heavy atom. The van der Waals surface area contributed by atoms with Gasteiger partial charge in [-0.15, -0.1) is 0 Å². The molecule has 1 aliphatic carbocycles. The Morgan fingerprint density at radius 2 is 1.80 bits per heavy atom. The molecule has 0 N–H and O–H groups in total. The first-order valence-electron chi connectivity index (χ1n) is 6.79. The van der Waals surface area contributed by atoms with Crippen molar-refractivity contribution in [2.45, 2.75) is 19.3 Å². The average molecular weight is 263 g/mol. The van der Waals surface area contributed by atoms with Crippen LogP contribution in [0, 0.1) is 0 Å². The number of rotatable bonds is 1. The predicted octanol–water partition coefficient (Wildman–Crippen LogP) is 2.27. The van der Waals surface area contributed by atoms with Gasteiger partial charge in [0.2, 0.25) is 5.43 Å². The molecule has 0 atom stereocenters. The van der Waals surface area contributed by atoms with Gasteiger partial charge in [-0.1, -0.05) is 18.2 Å². The van der Waals surface area contributed by atoms with Gasteiger partial charge in [0.15, 0.2) is 11.2 Å². The van der Waals surface area contributed by atoms with E-state index in [0.717, 1.165) is 36.2 Å². The molecular formula is C16H13N3O. The van der Waals surface area contributed by atoms with E-state index in [1.165, 1.54) is 0 Å². The van der Waals surface area contributed by atoms with Crippen molar-refractivity contribution in [2.24, 2.45) is 0 Å². The van der Waals surface area contributed by atoms with E-state index < -0.39 is 0 Å². The molecular weight excluding hydrogens is 250 g/mol. The monoisotopic (exact) mass is 263 g/mol. The summed E-state index contributed by atoms with van der Waals surface area (Å²) in [5.41, 5.74) is 4.21. The van der Waals surface area contributed by atoms with E-state index in [2.05, 4.69) is 14.5 Å². The molecule has 2 heterocycles. The Kier molecular flexibility index (Phi) is 2.42. The number of nitrogens with zero attached hydrogens (tertiary/aromatic N) is 3. The fourth-order valence-corrected chi connectivity index (χ4v) is 3.00. The van der Waals surface area contributed by atoms with Gasteiger partial charge in [0.25, 0.3) is 0 Å². The van der Waals surface area contributed by atoms with Crippen molar-refractivity contribution < 1.29 is 0 Å². The number of benzene rings is 1. The van der Waals surface area contributed by atoms with Crippen molar-refractivity contribution in [1.29, 1.82) is 0 Å². The molecule has 0 aliphatic heterocycles. The van der Waals surface area contributed by atoms with Gasteiger partial charge < -0.3 is 0 Å². The number of hydrogen-bond donors (Lipinski definition) is 0. The lowest BCUT2D eigenvalue weighted by molar-refractivity contribution is 0.873. The molecule has 0 spiro atoms. The minimum absolute atomic E-state index is 0.0489. The van der Waals surface area contributed by atoms with Crippen LogP contribution in [0.4, 0.5) is 0 Å². The SMILES string of the molecule is O=c1c2c(n(-c3ccccc3)c3nccnc13)CCC2. The van der Waals surface area contributed by atoms with Gasteiger partial charge in [0.1, 0.15) is 0 Å². The number of para-hydroxylation sites is 1. The summed E-state index contributed by atoms with van der Waals surface area (Å²) in [7, 11) is 0. The summed E-state index contributed by atoms with van der Waals surface area (Å²) in [4.78, 5) is 21.1. The van der Waals surface area contributed by atoms with Crippen LogP contribution in [-0.4, -0.2) is 14.5 Å². The summed E-state index contributed by atoms with van der Waals surface area (Å²) in [5.74, 6) is 0. The molecule has 0 bridgehead atoms. The molecule has 1 aliphatic rings. The molecule has 0 unspecified atom stereocenters. The number of hydrogen-bond acceptors (Lipinski definition) is 3. The minimum Gasteiger partial charge on any atom is -0.297 e. The lowest BCUT2D eigenvalue weighted by Crippen LogP contribution is -2.18. The highest BCUT2D eigenvalue weighted by Crippen LogP contribution is 2.25. The molecule has 0 saturated carbocycles. The molecule has 0 fully saturated rings. The van der Waals surface area contributed by atoms with Crippen molar-refractivity contribution in [3.63, 3.8) is 0 Å². The first-order valence-corrected chi connectivity index (χ1v) is 6.79. The zero-order valence-corrected chi connectivity index (χ0v) is 10.9. The molecule has 1 aromatic carbocycles. The second-order valence-corrected chi connectivity index (χ2v) is 5.01. The first-order chi connectivity index (χ1) is 9.86. The quantitative estimate of drug-likeness (QED) is 0.676. The van der Waals surface area contributed by atoms with Crippen LogP contribution in [0.2, 0.25) is 0 Å².